The molecule has 0 aliphatic rings. The fourth-order valence-corrected chi connectivity index (χ4v) is 2.06. The summed E-state index contributed by atoms with van der Waals surface area (Å²) in [5, 5.41) is 3.43. The van der Waals surface area contributed by atoms with Gasteiger partial charge in [-0.05, 0) is 12.5 Å². The lowest BCUT2D eigenvalue weighted by molar-refractivity contribution is -0.124. The zero-order valence-electron chi connectivity index (χ0n) is 12.7. The first-order valence-corrected chi connectivity index (χ1v) is 7.10. The van der Waals surface area contributed by atoms with Crippen LogP contribution in [0.1, 0.15) is 29.5 Å². The van der Waals surface area contributed by atoms with Crippen molar-refractivity contribution < 1.29 is 23.5 Å². The van der Waals surface area contributed by atoms with E-state index < -0.39 is 5.97 Å². The van der Waals surface area contributed by atoms with Gasteiger partial charge in [0.25, 0.3) is 5.91 Å². The van der Waals surface area contributed by atoms with Gasteiger partial charge in [0.05, 0.1) is 6.61 Å². The summed E-state index contributed by atoms with van der Waals surface area (Å²) in [4.78, 5) is 23.6. The normalized spacial score (nSPS) is 10.6. The SMILES string of the molecule is CCCNC(=O)COC(=O)c1oc2ccccc2c1COC. The number of nitrogens with one attached hydrogen (secondary N) is 1. The highest BCUT2D eigenvalue weighted by Gasteiger charge is 2.22. The Morgan fingerprint density at radius 2 is 2.05 bits per heavy atom. The van der Waals surface area contributed by atoms with Crippen molar-refractivity contribution in [3.05, 3.63) is 35.6 Å². The summed E-state index contributed by atoms with van der Waals surface area (Å²) in [5.74, 6) is -0.930. The van der Waals surface area contributed by atoms with Gasteiger partial charge in [0.2, 0.25) is 5.76 Å². The fourth-order valence-electron chi connectivity index (χ4n) is 2.06. The summed E-state index contributed by atoms with van der Waals surface area (Å²) in [6.07, 6.45) is 0.821. The summed E-state index contributed by atoms with van der Waals surface area (Å²) < 4.78 is 15.7. The van der Waals surface area contributed by atoms with Crippen LogP contribution in [0.5, 0.6) is 0 Å². The molecule has 2 aromatic rings. The molecule has 0 saturated heterocycles. The highest BCUT2D eigenvalue weighted by atomic mass is 16.5. The van der Waals surface area contributed by atoms with Crippen molar-refractivity contribution >= 4 is 22.8 Å². The number of methoxy groups -OCH3 is 1. The molecule has 0 fully saturated rings. The first kappa shape index (κ1) is 16.0. The number of esters is 1. The molecule has 0 atom stereocenters. The standard InChI is InChI=1S/C16H19NO5/c1-3-8-17-14(18)10-21-16(19)15-12(9-20-2)11-6-4-5-7-13(11)22-15/h4-7H,3,8-10H2,1-2H3,(H,17,18). The van der Waals surface area contributed by atoms with Crippen LogP contribution >= 0.6 is 0 Å². The van der Waals surface area contributed by atoms with E-state index in [4.69, 9.17) is 13.9 Å². The van der Waals surface area contributed by atoms with Gasteiger partial charge in [0.15, 0.2) is 6.61 Å². The van der Waals surface area contributed by atoms with Crippen LogP contribution in [0.4, 0.5) is 0 Å². The minimum Gasteiger partial charge on any atom is -0.450 e. The van der Waals surface area contributed by atoms with Gasteiger partial charge in [-0.3, -0.25) is 4.79 Å². The number of amides is 1. The molecule has 0 bridgehead atoms. The van der Waals surface area contributed by atoms with E-state index in [9.17, 15) is 9.59 Å². The van der Waals surface area contributed by atoms with Crippen molar-refractivity contribution in [2.45, 2.75) is 20.0 Å². The molecule has 2 rings (SSSR count). The zero-order chi connectivity index (χ0) is 15.9. The Morgan fingerprint density at radius 3 is 2.77 bits per heavy atom. The van der Waals surface area contributed by atoms with E-state index in [-0.39, 0.29) is 24.9 Å². The van der Waals surface area contributed by atoms with Crippen molar-refractivity contribution in [2.24, 2.45) is 0 Å². The smallest absolute Gasteiger partial charge is 0.375 e. The Balaban J connectivity index is 2.13. The second kappa shape index (κ2) is 7.61. The minimum atomic E-state index is -0.671. The minimum absolute atomic E-state index is 0.0753. The number of hydrogen-bond acceptors (Lipinski definition) is 5. The van der Waals surface area contributed by atoms with Crippen molar-refractivity contribution in [1.82, 2.24) is 5.32 Å². The number of para-hydroxylation sites is 1. The van der Waals surface area contributed by atoms with Crippen LogP contribution in [-0.4, -0.2) is 32.1 Å². The highest BCUT2D eigenvalue weighted by molar-refractivity contribution is 5.96. The summed E-state index contributed by atoms with van der Waals surface area (Å²) >= 11 is 0. The van der Waals surface area contributed by atoms with Gasteiger partial charge in [0.1, 0.15) is 5.58 Å². The van der Waals surface area contributed by atoms with Crippen LogP contribution in [0, 0.1) is 0 Å². The molecular formula is C16H19NO5. The second-order valence-electron chi connectivity index (χ2n) is 4.76. The van der Waals surface area contributed by atoms with E-state index in [1.54, 1.807) is 6.07 Å². The van der Waals surface area contributed by atoms with Gasteiger partial charge in [-0.25, -0.2) is 4.79 Å². The van der Waals surface area contributed by atoms with E-state index in [0.717, 1.165) is 11.8 Å². The summed E-state index contributed by atoms with van der Waals surface area (Å²) in [6.45, 7) is 2.39. The van der Waals surface area contributed by atoms with Crippen molar-refractivity contribution in [2.75, 3.05) is 20.3 Å². The predicted octanol–water partition coefficient (Wildman–Crippen LogP) is 2.26. The lowest BCUT2D eigenvalue weighted by Gasteiger charge is -2.05. The molecule has 0 aliphatic heterocycles. The zero-order valence-corrected chi connectivity index (χ0v) is 12.7. The fraction of sp³-hybridized carbons (Fsp3) is 0.375. The average molecular weight is 305 g/mol. The van der Waals surface area contributed by atoms with Crippen LogP contribution in [0.25, 0.3) is 11.0 Å². The van der Waals surface area contributed by atoms with E-state index in [1.807, 2.05) is 25.1 Å². The Bertz CT molecular complexity index is 662. The summed E-state index contributed by atoms with van der Waals surface area (Å²) in [7, 11) is 1.54. The van der Waals surface area contributed by atoms with Crippen LogP contribution in [0.2, 0.25) is 0 Å². The Hall–Kier alpha value is -2.34. The maximum absolute atomic E-state index is 12.1. The second-order valence-corrected chi connectivity index (χ2v) is 4.76. The molecule has 0 radical (unpaired) electrons. The van der Waals surface area contributed by atoms with Crippen molar-refractivity contribution in [1.29, 1.82) is 0 Å². The largest absolute Gasteiger partial charge is 0.450 e. The first-order valence-electron chi connectivity index (χ1n) is 7.10. The van der Waals surface area contributed by atoms with Crippen LogP contribution in [0.3, 0.4) is 0 Å². The lowest BCUT2D eigenvalue weighted by Crippen LogP contribution is -2.29. The molecule has 1 aromatic carbocycles. The number of hydrogen-bond donors (Lipinski definition) is 1. The van der Waals surface area contributed by atoms with Crippen LogP contribution in [-0.2, 0) is 20.9 Å². The molecule has 0 saturated carbocycles. The van der Waals surface area contributed by atoms with E-state index in [0.29, 0.717) is 17.7 Å². The number of carbonyl (C=O) groups is 2. The molecule has 1 aromatic heterocycles. The van der Waals surface area contributed by atoms with E-state index in [1.165, 1.54) is 7.11 Å². The van der Waals surface area contributed by atoms with E-state index in [2.05, 4.69) is 5.32 Å². The predicted molar refractivity (Wildman–Crippen MR) is 80.5 cm³/mol. The van der Waals surface area contributed by atoms with Crippen molar-refractivity contribution in [3.8, 4) is 0 Å². The third kappa shape index (κ3) is 3.65. The quantitative estimate of drug-likeness (QED) is 0.794. The number of ether oxygens (including phenoxy) is 2. The maximum atomic E-state index is 12.1. The number of carbonyl (C=O) groups excluding carboxylic acids is 2. The van der Waals surface area contributed by atoms with Gasteiger partial charge < -0.3 is 19.2 Å². The third-order valence-corrected chi connectivity index (χ3v) is 3.08. The topological polar surface area (TPSA) is 77.8 Å². The molecule has 22 heavy (non-hydrogen) atoms. The average Bonchev–Trinajstić information content (AvgIpc) is 2.90. The third-order valence-electron chi connectivity index (χ3n) is 3.08. The maximum Gasteiger partial charge on any atom is 0.375 e. The molecule has 6 nitrogen and oxygen atoms in total. The molecule has 118 valence electrons. The van der Waals surface area contributed by atoms with Gasteiger partial charge >= 0.3 is 5.97 Å². The number of fused-ring (bicyclic) bond motifs is 1. The monoisotopic (exact) mass is 305 g/mol. The van der Waals surface area contributed by atoms with Crippen molar-refractivity contribution in [3.63, 3.8) is 0 Å². The molecule has 0 aliphatic carbocycles. The Labute approximate surface area is 128 Å². The molecular weight excluding hydrogens is 286 g/mol. The molecule has 1 amide bonds. The van der Waals surface area contributed by atoms with Gasteiger partial charge in [-0.2, -0.15) is 0 Å². The van der Waals surface area contributed by atoms with Gasteiger partial charge in [-0.15, -0.1) is 0 Å². The number of furan rings is 1. The summed E-state index contributed by atoms with van der Waals surface area (Å²) in [6, 6.07) is 7.27. The molecule has 1 heterocycles. The number of benzene rings is 1. The number of rotatable bonds is 7. The molecule has 0 unspecified atom stereocenters. The van der Waals surface area contributed by atoms with Gasteiger partial charge in [0, 0.05) is 24.6 Å². The Morgan fingerprint density at radius 1 is 1.27 bits per heavy atom. The van der Waals surface area contributed by atoms with E-state index >= 15 is 0 Å². The van der Waals surface area contributed by atoms with Crippen LogP contribution in [0.15, 0.2) is 28.7 Å². The van der Waals surface area contributed by atoms with Gasteiger partial charge in [-0.1, -0.05) is 25.1 Å². The first-order chi connectivity index (χ1) is 10.7. The highest BCUT2D eigenvalue weighted by Crippen LogP contribution is 2.27. The lowest BCUT2D eigenvalue weighted by atomic mass is 10.1. The molecule has 0 spiro atoms. The molecule has 6 heteroatoms. The molecule has 1 N–H and O–H groups in total. The summed E-state index contributed by atoms with van der Waals surface area (Å²) in [5.41, 5.74) is 1.20. The Kier molecular flexibility index (Phi) is 5.55. The van der Waals surface area contributed by atoms with Crippen LogP contribution < -0.4 is 5.32 Å².